The molecule has 5 nitrogen and oxygen atoms in total. The highest BCUT2D eigenvalue weighted by molar-refractivity contribution is 6.03. The molecule has 134 valence electrons. The molecule has 0 aliphatic heterocycles. The van der Waals surface area contributed by atoms with Crippen molar-refractivity contribution in [3.05, 3.63) is 47.4 Å². The third-order valence-corrected chi connectivity index (χ3v) is 3.89. The summed E-state index contributed by atoms with van der Waals surface area (Å²) in [6.45, 7) is 11.2. The Balaban J connectivity index is 2.22. The highest BCUT2D eigenvalue weighted by Gasteiger charge is 2.19. The van der Waals surface area contributed by atoms with Crippen LogP contribution < -0.4 is 10.6 Å². The number of hydrogen-bond acceptors (Lipinski definition) is 4. The van der Waals surface area contributed by atoms with Crippen LogP contribution in [0.3, 0.4) is 0 Å². The van der Waals surface area contributed by atoms with Crippen molar-refractivity contribution in [2.45, 2.75) is 52.9 Å². The Bertz CT molecular complexity index is 735. The fraction of sp³-hybridized carbons (Fsp3) is 0.450. The number of para-hydroxylation sites is 1. The standard InChI is InChI=1S/C20H28N4O/c1-6-7-12-21-18-13-17(22-14(2)23-18)19(25)24-16-11-9-8-10-15(16)20(3,4)5/h8-11,13H,6-7,12H2,1-5H3,(H,24,25)(H,21,22,23). The van der Waals surface area contributed by atoms with Crippen LogP contribution >= 0.6 is 0 Å². The number of unbranched alkanes of at least 4 members (excludes halogenated alkanes) is 1. The molecule has 1 aromatic carbocycles. The van der Waals surface area contributed by atoms with E-state index in [-0.39, 0.29) is 11.3 Å². The zero-order chi connectivity index (χ0) is 18.4. The van der Waals surface area contributed by atoms with Crippen LogP contribution in [0.1, 0.15) is 62.4 Å². The van der Waals surface area contributed by atoms with Gasteiger partial charge in [-0.2, -0.15) is 0 Å². The Labute approximate surface area is 150 Å². The van der Waals surface area contributed by atoms with Crippen molar-refractivity contribution in [2.24, 2.45) is 0 Å². The van der Waals surface area contributed by atoms with Crippen LogP contribution in [0.5, 0.6) is 0 Å². The van der Waals surface area contributed by atoms with Crippen LogP contribution in [0.2, 0.25) is 0 Å². The lowest BCUT2D eigenvalue weighted by molar-refractivity contribution is 0.102. The number of nitrogens with one attached hydrogen (secondary N) is 2. The molecule has 0 bridgehead atoms. The summed E-state index contributed by atoms with van der Waals surface area (Å²) in [7, 11) is 0. The number of hydrogen-bond donors (Lipinski definition) is 2. The number of nitrogens with zero attached hydrogens (tertiary/aromatic N) is 2. The summed E-state index contributed by atoms with van der Waals surface area (Å²) in [5.41, 5.74) is 2.22. The zero-order valence-corrected chi connectivity index (χ0v) is 15.8. The summed E-state index contributed by atoms with van der Waals surface area (Å²) in [5.74, 6) is 1.05. The lowest BCUT2D eigenvalue weighted by Crippen LogP contribution is -2.20. The highest BCUT2D eigenvalue weighted by atomic mass is 16.1. The molecule has 0 unspecified atom stereocenters. The van der Waals surface area contributed by atoms with Crippen molar-refractivity contribution in [3.63, 3.8) is 0 Å². The Morgan fingerprint density at radius 2 is 1.88 bits per heavy atom. The minimum absolute atomic E-state index is 0.0572. The number of rotatable bonds is 6. The number of carbonyl (C=O) groups is 1. The lowest BCUT2D eigenvalue weighted by Gasteiger charge is -2.23. The number of carbonyl (C=O) groups excluding carboxylic acids is 1. The van der Waals surface area contributed by atoms with Gasteiger partial charge in [-0.3, -0.25) is 4.79 Å². The van der Waals surface area contributed by atoms with E-state index >= 15 is 0 Å². The molecule has 0 aliphatic carbocycles. The van der Waals surface area contributed by atoms with Gasteiger partial charge in [0.1, 0.15) is 17.3 Å². The predicted molar refractivity (Wildman–Crippen MR) is 103 cm³/mol. The molecule has 0 spiro atoms. The lowest BCUT2D eigenvalue weighted by atomic mass is 9.86. The molecule has 0 saturated heterocycles. The van der Waals surface area contributed by atoms with Crippen molar-refractivity contribution in [2.75, 3.05) is 17.2 Å². The van der Waals surface area contributed by atoms with E-state index in [9.17, 15) is 4.79 Å². The van der Waals surface area contributed by atoms with Crippen LogP contribution in [-0.4, -0.2) is 22.4 Å². The van der Waals surface area contributed by atoms with Gasteiger partial charge in [0, 0.05) is 18.3 Å². The molecule has 2 aromatic rings. The molecule has 0 fully saturated rings. The molecule has 1 aromatic heterocycles. The minimum Gasteiger partial charge on any atom is -0.370 e. The molecule has 5 heteroatoms. The van der Waals surface area contributed by atoms with Gasteiger partial charge >= 0.3 is 0 Å². The fourth-order valence-electron chi connectivity index (χ4n) is 2.60. The van der Waals surface area contributed by atoms with E-state index in [1.165, 1.54) is 0 Å². The molecule has 0 saturated carbocycles. The van der Waals surface area contributed by atoms with E-state index in [0.29, 0.717) is 17.3 Å². The zero-order valence-electron chi connectivity index (χ0n) is 15.8. The normalized spacial score (nSPS) is 11.2. The van der Waals surface area contributed by atoms with Crippen molar-refractivity contribution in [1.82, 2.24) is 9.97 Å². The molecule has 0 atom stereocenters. The Morgan fingerprint density at radius 1 is 1.16 bits per heavy atom. The van der Waals surface area contributed by atoms with Gasteiger partial charge in [-0.25, -0.2) is 9.97 Å². The summed E-state index contributed by atoms with van der Waals surface area (Å²) >= 11 is 0. The quantitative estimate of drug-likeness (QED) is 0.757. The van der Waals surface area contributed by atoms with E-state index in [0.717, 1.165) is 30.6 Å². The molecule has 2 rings (SSSR count). The monoisotopic (exact) mass is 340 g/mol. The molecule has 2 N–H and O–H groups in total. The van der Waals surface area contributed by atoms with Gasteiger partial charge in [-0.15, -0.1) is 0 Å². The molecule has 1 amide bonds. The van der Waals surface area contributed by atoms with Crippen LogP contribution in [-0.2, 0) is 5.41 Å². The van der Waals surface area contributed by atoms with Crippen LogP contribution in [0, 0.1) is 6.92 Å². The van der Waals surface area contributed by atoms with E-state index in [2.05, 4.69) is 48.3 Å². The average molecular weight is 340 g/mol. The second kappa shape index (κ2) is 8.10. The van der Waals surface area contributed by atoms with Crippen LogP contribution in [0.4, 0.5) is 11.5 Å². The number of aryl methyl sites for hydroxylation is 1. The first kappa shape index (κ1) is 18.9. The van der Waals surface area contributed by atoms with E-state index < -0.39 is 0 Å². The summed E-state index contributed by atoms with van der Waals surface area (Å²) in [4.78, 5) is 21.3. The van der Waals surface area contributed by atoms with Gasteiger partial charge in [0.2, 0.25) is 0 Å². The van der Waals surface area contributed by atoms with Gasteiger partial charge < -0.3 is 10.6 Å². The summed E-state index contributed by atoms with van der Waals surface area (Å²) in [6, 6.07) is 9.58. The van der Waals surface area contributed by atoms with Crippen molar-refractivity contribution in [3.8, 4) is 0 Å². The van der Waals surface area contributed by atoms with Gasteiger partial charge in [0.25, 0.3) is 5.91 Å². The third-order valence-electron chi connectivity index (χ3n) is 3.89. The highest BCUT2D eigenvalue weighted by Crippen LogP contribution is 2.29. The van der Waals surface area contributed by atoms with Gasteiger partial charge in [0.15, 0.2) is 0 Å². The van der Waals surface area contributed by atoms with Crippen molar-refractivity contribution in [1.29, 1.82) is 0 Å². The van der Waals surface area contributed by atoms with Crippen LogP contribution in [0.25, 0.3) is 0 Å². The maximum Gasteiger partial charge on any atom is 0.274 e. The average Bonchev–Trinajstić information content (AvgIpc) is 2.54. The summed E-state index contributed by atoms with van der Waals surface area (Å²) < 4.78 is 0. The van der Waals surface area contributed by atoms with E-state index in [1.54, 1.807) is 13.0 Å². The number of anilines is 2. The SMILES string of the molecule is CCCCNc1cc(C(=O)Nc2ccccc2C(C)(C)C)nc(C)n1. The topological polar surface area (TPSA) is 66.9 Å². The largest absolute Gasteiger partial charge is 0.370 e. The summed E-state index contributed by atoms with van der Waals surface area (Å²) in [5, 5.41) is 6.25. The first-order valence-electron chi connectivity index (χ1n) is 8.81. The second-order valence-electron chi connectivity index (χ2n) is 7.22. The molecule has 0 aliphatic rings. The Morgan fingerprint density at radius 3 is 2.56 bits per heavy atom. The number of benzene rings is 1. The molecular formula is C20H28N4O. The first-order valence-corrected chi connectivity index (χ1v) is 8.81. The maximum absolute atomic E-state index is 12.7. The smallest absolute Gasteiger partial charge is 0.274 e. The van der Waals surface area contributed by atoms with Crippen molar-refractivity contribution >= 4 is 17.4 Å². The number of aromatic nitrogens is 2. The molecule has 1 heterocycles. The van der Waals surface area contributed by atoms with Crippen molar-refractivity contribution < 1.29 is 4.79 Å². The molecule has 25 heavy (non-hydrogen) atoms. The van der Waals surface area contributed by atoms with Gasteiger partial charge in [-0.05, 0) is 30.4 Å². The van der Waals surface area contributed by atoms with E-state index in [4.69, 9.17) is 0 Å². The predicted octanol–water partition coefficient (Wildman–Crippen LogP) is 4.55. The third kappa shape index (κ3) is 5.28. The van der Waals surface area contributed by atoms with Gasteiger partial charge in [0.05, 0.1) is 0 Å². The second-order valence-corrected chi connectivity index (χ2v) is 7.22. The fourth-order valence-corrected chi connectivity index (χ4v) is 2.60. The Hall–Kier alpha value is -2.43. The van der Waals surface area contributed by atoms with Gasteiger partial charge in [-0.1, -0.05) is 52.3 Å². The van der Waals surface area contributed by atoms with Crippen LogP contribution in [0.15, 0.2) is 30.3 Å². The maximum atomic E-state index is 12.7. The first-order chi connectivity index (χ1) is 11.8. The molecular weight excluding hydrogens is 312 g/mol. The summed E-state index contributed by atoms with van der Waals surface area (Å²) in [6.07, 6.45) is 2.16. The minimum atomic E-state index is -0.222. The number of amides is 1. The Kier molecular flexibility index (Phi) is 6.12. The molecule has 0 radical (unpaired) electrons. The van der Waals surface area contributed by atoms with E-state index in [1.807, 2.05) is 24.3 Å².